The fourth-order valence-corrected chi connectivity index (χ4v) is 1.79. The lowest BCUT2D eigenvalue weighted by Gasteiger charge is -2.13. The van der Waals surface area contributed by atoms with Crippen molar-refractivity contribution in [2.45, 2.75) is 19.6 Å². The van der Waals surface area contributed by atoms with Crippen LogP contribution in [0, 0.1) is 0 Å². The Morgan fingerprint density at radius 1 is 1.30 bits per heavy atom. The zero-order chi connectivity index (χ0) is 14.2. The summed E-state index contributed by atoms with van der Waals surface area (Å²) >= 11 is 0. The lowest BCUT2D eigenvalue weighted by atomic mass is 10.1. The van der Waals surface area contributed by atoms with Crippen molar-refractivity contribution in [2.75, 3.05) is 19.8 Å². The standard InChI is InChI=1S/C14H19N3O3/c1-2-19-13(11-6-4-3-5-7-11)14-16-12(20-17-14)10-18-9-8-15/h3-7,13H,2,8-10,15H2,1H3. The molecule has 1 aromatic heterocycles. The molecule has 0 saturated carbocycles. The van der Waals surface area contributed by atoms with E-state index in [2.05, 4.69) is 10.1 Å². The minimum atomic E-state index is -0.326. The number of ether oxygens (including phenoxy) is 2. The summed E-state index contributed by atoms with van der Waals surface area (Å²) in [4.78, 5) is 4.31. The third-order valence-electron chi connectivity index (χ3n) is 2.64. The molecule has 0 bridgehead atoms. The van der Waals surface area contributed by atoms with Gasteiger partial charge in [0.15, 0.2) is 0 Å². The predicted molar refractivity (Wildman–Crippen MR) is 72.9 cm³/mol. The van der Waals surface area contributed by atoms with Gasteiger partial charge in [-0.15, -0.1) is 0 Å². The molecule has 1 heterocycles. The van der Waals surface area contributed by atoms with Gasteiger partial charge in [-0.25, -0.2) is 0 Å². The first-order valence-electron chi connectivity index (χ1n) is 6.62. The van der Waals surface area contributed by atoms with Gasteiger partial charge in [-0.2, -0.15) is 4.98 Å². The van der Waals surface area contributed by atoms with Crippen molar-refractivity contribution >= 4 is 0 Å². The van der Waals surface area contributed by atoms with Crippen molar-refractivity contribution in [3.05, 3.63) is 47.6 Å². The van der Waals surface area contributed by atoms with Crippen LogP contribution in [0.25, 0.3) is 0 Å². The van der Waals surface area contributed by atoms with Gasteiger partial charge in [0, 0.05) is 13.2 Å². The minimum absolute atomic E-state index is 0.262. The average molecular weight is 277 g/mol. The third-order valence-corrected chi connectivity index (χ3v) is 2.64. The van der Waals surface area contributed by atoms with Gasteiger partial charge in [0.2, 0.25) is 5.82 Å². The summed E-state index contributed by atoms with van der Waals surface area (Å²) < 4.78 is 16.1. The molecule has 2 rings (SSSR count). The number of rotatable bonds is 8. The van der Waals surface area contributed by atoms with E-state index in [0.717, 1.165) is 5.56 Å². The highest BCUT2D eigenvalue weighted by atomic mass is 16.5. The van der Waals surface area contributed by atoms with E-state index in [-0.39, 0.29) is 12.7 Å². The Morgan fingerprint density at radius 2 is 2.10 bits per heavy atom. The first-order valence-corrected chi connectivity index (χ1v) is 6.62. The number of benzene rings is 1. The van der Waals surface area contributed by atoms with E-state index >= 15 is 0 Å². The van der Waals surface area contributed by atoms with Crippen LogP contribution in [-0.4, -0.2) is 29.9 Å². The fourth-order valence-electron chi connectivity index (χ4n) is 1.79. The summed E-state index contributed by atoms with van der Waals surface area (Å²) in [5.74, 6) is 0.929. The Hall–Kier alpha value is -1.76. The molecule has 1 atom stereocenters. The van der Waals surface area contributed by atoms with Crippen molar-refractivity contribution in [3.8, 4) is 0 Å². The highest BCUT2D eigenvalue weighted by Gasteiger charge is 2.20. The third kappa shape index (κ3) is 3.86. The second-order valence-corrected chi connectivity index (χ2v) is 4.13. The summed E-state index contributed by atoms with van der Waals surface area (Å²) in [5.41, 5.74) is 6.34. The smallest absolute Gasteiger partial charge is 0.252 e. The predicted octanol–water partition coefficient (Wildman–Crippen LogP) is 1.67. The SMILES string of the molecule is CCOC(c1ccccc1)c1noc(COCCN)n1. The maximum Gasteiger partial charge on any atom is 0.252 e. The van der Waals surface area contributed by atoms with Crippen molar-refractivity contribution in [1.82, 2.24) is 10.1 Å². The van der Waals surface area contributed by atoms with Gasteiger partial charge >= 0.3 is 0 Å². The molecule has 6 heteroatoms. The highest BCUT2D eigenvalue weighted by molar-refractivity contribution is 5.22. The largest absolute Gasteiger partial charge is 0.370 e. The molecule has 0 saturated heterocycles. The second kappa shape index (κ2) is 7.74. The van der Waals surface area contributed by atoms with Crippen LogP contribution >= 0.6 is 0 Å². The highest BCUT2D eigenvalue weighted by Crippen LogP contribution is 2.23. The van der Waals surface area contributed by atoms with Crippen molar-refractivity contribution in [2.24, 2.45) is 5.73 Å². The molecule has 6 nitrogen and oxygen atoms in total. The summed E-state index contributed by atoms with van der Waals surface area (Å²) in [7, 11) is 0. The molecule has 2 aromatic rings. The van der Waals surface area contributed by atoms with Gasteiger partial charge in [0.25, 0.3) is 5.89 Å². The Bertz CT molecular complexity index is 501. The van der Waals surface area contributed by atoms with E-state index in [9.17, 15) is 0 Å². The van der Waals surface area contributed by atoms with Crippen LogP contribution in [-0.2, 0) is 16.1 Å². The molecule has 20 heavy (non-hydrogen) atoms. The zero-order valence-electron chi connectivity index (χ0n) is 11.5. The average Bonchev–Trinajstić information content (AvgIpc) is 2.94. The Labute approximate surface area is 117 Å². The lowest BCUT2D eigenvalue weighted by Crippen LogP contribution is -2.09. The normalized spacial score (nSPS) is 12.5. The first kappa shape index (κ1) is 14.6. The molecule has 0 amide bonds. The van der Waals surface area contributed by atoms with Gasteiger partial charge in [-0.1, -0.05) is 35.5 Å². The van der Waals surface area contributed by atoms with Gasteiger partial charge < -0.3 is 19.7 Å². The van der Waals surface area contributed by atoms with Crippen molar-refractivity contribution in [3.63, 3.8) is 0 Å². The molecule has 2 N–H and O–H groups in total. The number of hydrogen-bond acceptors (Lipinski definition) is 6. The molecule has 0 aliphatic carbocycles. The number of hydrogen-bond donors (Lipinski definition) is 1. The molecular weight excluding hydrogens is 258 g/mol. The Balaban J connectivity index is 2.10. The van der Waals surface area contributed by atoms with Gasteiger partial charge in [0.05, 0.1) is 6.61 Å². The minimum Gasteiger partial charge on any atom is -0.370 e. The molecule has 108 valence electrons. The molecular formula is C14H19N3O3. The van der Waals surface area contributed by atoms with E-state index in [1.54, 1.807) is 0 Å². The van der Waals surface area contributed by atoms with Crippen LogP contribution in [0.2, 0.25) is 0 Å². The van der Waals surface area contributed by atoms with Crippen LogP contribution in [0.1, 0.15) is 30.3 Å². The lowest BCUT2D eigenvalue weighted by molar-refractivity contribution is 0.0831. The molecule has 0 aliphatic heterocycles. The molecule has 1 unspecified atom stereocenters. The number of nitrogens with zero attached hydrogens (tertiary/aromatic N) is 2. The topological polar surface area (TPSA) is 83.4 Å². The van der Waals surface area contributed by atoms with E-state index in [1.807, 2.05) is 37.3 Å². The van der Waals surface area contributed by atoms with Crippen LogP contribution in [0.15, 0.2) is 34.9 Å². The summed E-state index contributed by atoms with van der Waals surface area (Å²) in [5, 5.41) is 3.97. The Morgan fingerprint density at radius 3 is 2.80 bits per heavy atom. The zero-order valence-corrected chi connectivity index (χ0v) is 11.5. The van der Waals surface area contributed by atoms with Crippen molar-refractivity contribution in [1.29, 1.82) is 0 Å². The molecule has 0 radical (unpaired) electrons. The maximum atomic E-state index is 5.71. The van der Waals surface area contributed by atoms with Gasteiger partial charge in [-0.05, 0) is 12.5 Å². The fraction of sp³-hybridized carbons (Fsp3) is 0.429. The van der Waals surface area contributed by atoms with Crippen LogP contribution < -0.4 is 5.73 Å². The monoisotopic (exact) mass is 277 g/mol. The summed E-state index contributed by atoms with van der Waals surface area (Å²) in [6, 6.07) is 9.80. The van der Waals surface area contributed by atoms with Crippen molar-refractivity contribution < 1.29 is 14.0 Å². The first-order chi connectivity index (χ1) is 9.85. The van der Waals surface area contributed by atoms with Gasteiger partial charge in [0.1, 0.15) is 12.7 Å². The van der Waals surface area contributed by atoms with Crippen LogP contribution in [0.5, 0.6) is 0 Å². The van der Waals surface area contributed by atoms with E-state index in [0.29, 0.717) is 31.5 Å². The summed E-state index contributed by atoms with van der Waals surface area (Å²) in [6.07, 6.45) is -0.326. The Kier molecular flexibility index (Phi) is 5.67. The molecule has 0 fully saturated rings. The second-order valence-electron chi connectivity index (χ2n) is 4.13. The number of nitrogens with two attached hydrogens (primary N) is 1. The van der Waals surface area contributed by atoms with E-state index in [1.165, 1.54) is 0 Å². The molecule has 1 aromatic carbocycles. The quantitative estimate of drug-likeness (QED) is 0.739. The molecule has 0 spiro atoms. The summed E-state index contributed by atoms with van der Waals surface area (Å²) in [6.45, 7) is 3.68. The van der Waals surface area contributed by atoms with Gasteiger partial charge in [-0.3, -0.25) is 0 Å². The van der Waals surface area contributed by atoms with Crippen LogP contribution in [0.3, 0.4) is 0 Å². The number of aromatic nitrogens is 2. The molecule has 0 aliphatic rings. The van der Waals surface area contributed by atoms with Crippen LogP contribution in [0.4, 0.5) is 0 Å². The van der Waals surface area contributed by atoms with E-state index in [4.69, 9.17) is 19.7 Å². The van der Waals surface area contributed by atoms with E-state index < -0.39 is 0 Å². The maximum absolute atomic E-state index is 5.71.